The minimum Gasteiger partial charge on any atom is -0.480 e. The van der Waals surface area contributed by atoms with Gasteiger partial charge in [-0.1, -0.05) is 0 Å². The highest BCUT2D eigenvalue weighted by atomic mass is 35.5. The van der Waals surface area contributed by atoms with Crippen LogP contribution in [0.3, 0.4) is 0 Å². The number of halogens is 1. The number of aliphatic hydroxyl groups excluding tert-OH is 3. The van der Waals surface area contributed by atoms with Crippen LogP contribution in [0.1, 0.15) is 6.92 Å². The third kappa shape index (κ3) is 5.68. The maximum atomic E-state index is 13.2. The predicted molar refractivity (Wildman–Crippen MR) is 117 cm³/mol. The van der Waals surface area contributed by atoms with Gasteiger partial charge < -0.3 is 40.5 Å². The van der Waals surface area contributed by atoms with E-state index in [1.165, 1.54) is 11.8 Å². The largest absolute Gasteiger partial charge is 0.480 e. The number of nitrogens with zero attached hydrogens (tertiary/aromatic N) is 1. The average Bonchev–Trinajstić information content (AvgIpc) is 3.02. The number of rotatable bonds is 7. The van der Waals surface area contributed by atoms with Gasteiger partial charge in [0.2, 0.25) is 5.91 Å². The van der Waals surface area contributed by atoms with Crippen LogP contribution < -0.4 is 10.6 Å². The van der Waals surface area contributed by atoms with E-state index in [0.717, 1.165) is 0 Å². The summed E-state index contributed by atoms with van der Waals surface area (Å²) in [7, 11) is 0. The van der Waals surface area contributed by atoms with E-state index in [2.05, 4.69) is 10.6 Å². The SMILES string of the molecule is CSC1O[C@H]([C@H](NC(=O)[C@H]2NC[C@@H]3CN(CC(=O)O)CCO[C@H]32)[C@H](C)Cl)C(O)C(O)[C@H]1O. The van der Waals surface area contributed by atoms with Crippen molar-refractivity contribution in [2.45, 2.75) is 60.3 Å². The van der Waals surface area contributed by atoms with Gasteiger partial charge in [-0.05, 0) is 13.2 Å². The molecule has 11 nitrogen and oxygen atoms in total. The van der Waals surface area contributed by atoms with Gasteiger partial charge in [0.25, 0.3) is 0 Å². The molecule has 13 heteroatoms. The van der Waals surface area contributed by atoms with Gasteiger partial charge in [0, 0.05) is 25.6 Å². The van der Waals surface area contributed by atoms with Crippen molar-refractivity contribution in [1.29, 1.82) is 0 Å². The van der Waals surface area contributed by atoms with E-state index in [4.69, 9.17) is 26.2 Å². The second-order valence-electron chi connectivity index (χ2n) is 8.50. The van der Waals surface area contributed by atoms with E-state index >= 15 is 0 Å². The molecule has 32 heavy (non-hydrogen) atoms. The number of ether oxygens (including phenoxy) is 2. The quantitative estimate of drug-likeness (QED) is 0.209. The Morgan fingerprint density at radius 3 is 2.62 bits per heavy atom. The summed E-state index contributed by atoms with van der Waals surface area (Å²) in [4.78, 5) is 26.0. The van der Waals surface area contributed by atoms with Gasteiger partial charge in [0.05, 0.1) is 30.7 Å². The van der Waals surface area contributed by atoms with Gasteiger partial charge in [0.15, 0.2) is 0 Å². The normalized spacial score (nSPS) is 40.2. The number of carbonyl (C=O) groups is 2. The summed E-state index contributed by atoms with van der Waals surface area (Å²) >= 11 is 7.51. The molecule has 0 saturated carbocycles. The van der Waals surface area contributed by atoms with Crippen LogP contribution >= 0.6 is 23.4 Å². The summed E-state index contributed by atoms with van der Waals surface area (Å²) in [5.74, 6) is -1.36. The fraction of sp³-hybridized carbons (Fsp3) is 0.895. The Balaban J connectivity index is 1.68. The number of carbonyl (C=O) groups excluding carboxylic acids is 1. The lowest BCUT2D eigenvalue weighted by Crippen LogP contribution is -2.65. The van der Waals surface area contributed by atoms with Gasteiger partial charge in [-0.25, -0.2) is 0 Å². The molecule has 3 unspecified atom stereocenters. The van der Waals surface area contributed by atoms with Crippen LogP contribution in [0, 0.1) is 5.92 Å². The number of fused-ring (bicyclic) bond motifs is 1. The standard InChI is InChI=1S/C19H32ClN3O8S/c1-8(20)11(17-14(27)13(26)15(28)19(31-17)32-2)22-18(29)12-16-9(5-21-12)6-23(3-4-30-16)7-10(24)25/h8-9,11-17,19,21,26-28H,3-7H2,1-2H3,(H,22,29)(H,24,25)/t8-,9+,11+,12-,13?,14?,15+,16+,17+,19?/m0/s1. The third-order valence-electron chi connectivity index (χ3n) is 6.24. The molecule has 3 aliphatic heterocycles. The molecule has 3 rings (SSSR count). The Kier molecular flexibility index (Phi) is 9.03. The lowest BCUT2D eigenvalue weighted by Gasteiger charge is -2.44. The van der Waals surface area contributed by atoms with E-state index in [1.54, 1.807) is 18.1 Å². The van der Waals surface area contributed by atoms with Crippen molar-refractivity contribution >= 4 is 35.2 Å². The molecular weight excluding hydrogens is 466 g/mol. The van der Waals surface area contributed by atoms with Crippen molar-refractivity contribution in [3.63, 3.8) is 0 Å². The first-order valence-corrected chi connectivity index (χ1v) is 12.3. The van der Waals surface area contributed by atoms with Crippen LogP contribution in [0.25, 0.3) is 0 Å². The molecule has 3 aliphatic rings. The van der Waals surface area contributed by atoms with Crippen molar-refractivity contribution in [2.75, 3.05) is 39.0 Å². The molecule has 3 fully saturated rings. The van der Waals surface area contributed by atoms with E-state index in [0.29, 0.717) is 26.2 Å². The number of hydrogen-bond acceptors (Lipinski definition) is 10. The molecule has 0 radical (unpaired) electrons. The third-order valence-corrected chi connectivity index (χ3v) is 7.37. The number of thioether (sulfide) groups is 1. The number of hydrogen-bond donors (Lipinski definition) is 6. The van der Waals surface area contributed by atoms with E-state index in [9.17, 15) is 24.9 Å². The molecule has 0 bridgehead atoms. The second kappa shape index (κ2) is 11.2. The number of carboxylic acids is 1. The summed E-state index contributed by atoms with van der Waals surface area (Å²) < 4.78 is 11.7. The fourth-order valence-electron chi connectivity index (χ4n) is 4.58. The van der Waals surface area contributed by atoms with E-state index in [1.807, 2.05) is 0 Å². The van der Waals surface area contributed by atoms with Crippen LogP contribution in [-0.4, -0.2) is 130 Å². The number of aliphatic carboxylic acids is 1. The lowest BCUT2D eigenvalue weighted by molar-refractivity contribution is -0.205. The highest BCUT2D eigenvalue weighted by Crippen LogP contribution is 2.30. The first kappa shape index (κ1) is 25.9. The zero-order valence-corrected chi connectivity index (χ0v) is 19.5. The summed E-state index contributed by atoms with van der Waals surface area (Å²) in [6.07, 6.45) is -3.93. The monoisotopic (exact) mass is 497 g/mol. The molecule has 1 amide bonds. The van der Waals surface area contributed by atoms with Crippen LogP contribution in [0.5, 0.6) is 0 Å². The lowest BCUT2D eigenvalue weighted by atomic mass is 9.92. The molecule has 0 aromatic rings. The minimum atomic E-state index is -1.44. The Bertz CT molecular complexity index is 674. The van der Waals surface area contributed by atoms with Crippen molar-refractivity contribution in [2.24, 2.45) is 5.92 Å². The molecule has 6 N–H and O–H groups in total. The fourth-order valence-corrected chi connectivity index (χ4v) is 5.46. The Morgan fingerprint density at radius 1 is 1.28 bits per heavy atom. The van der Waals surface area contributed by atoms with Crippen molar-refractivity contribution in [3.05, 3.63) is 0 Å². The van der Waals surface area contributed by atoms with Gasteiger partial charge in [-0.2, -0.15) is 0 Å². The number of carboxylic acid groups (broad SMARTS) is 1. The molecule has 3 heterocycles. The summed E-state index contributed by atoms with van der Waals surface area (Å²) in [6.45, 7) is 3.31. The molecular formula is C19H32ClN3O8S. The Hall–Kier alpha value is -0.700. The molecule has 3 saturated heterocycles. The van der Waals surface area contributed by atoms with Crippen molar-refractivity contribution < 1.29 is 39.5 Å². The Morgan fingerprint density at radius 2 is 2.00 bits per heavy atom. The van der Waals surface area contributed by atoms with E-state index in [-0.39, 0.29) is 12.5 Å². The van der Waals surface area contributed by atoms with Crippen LogP contribution in [0.15, 0.2) is 0 Å². The van der Waals surface area contributed by atoms with Crippen LogP contribution in [-0.2, 0) is 19.1 Å². The van der Waals surface area contributed by atoms with Crippen molar-refractivity contribution in [3.8, 4) is 0 Å². The maximum absolute atomic E-state index is 13.2. The smallest absolute Gasteiger partial charge is 0.317 e. The number of nitrogens with one attached hydrogen (secondary N) is 2. The molecule has 184 valence electrons. The number of aliphatic hydroxyl groups is 3. The zero-order chi connectivity index (χ0) is 23.6. The molecule has 10 atom stereocenters. The molecule has 0 aliphatic carbocycles. The first-order valence-electron chi connectivity index (χ1n) is 10.6. The second-order valence-corrected chi connectivity index (χ2v) is 10.1. The highest BCUT2D eigenvalue weighted by Gasteiger charge is 2.49. The van der Waals surface area contributed by atoms with Crippen molar-refractivity contribution in [1.82, 2.24) is 15.5 Å². The Labute approximate surface area is 195 Å². The predicted octanol–water partition coefficient (Wildman–Crippen LogP) is -2.36. The summed E-state index contributed by atoms with van der Waals surface area (Å²) in [6, 6.07) is -1.53. The average molecular weight is 498 g/mol. The number of amides is 1. The van der Waals surface area contributed by atoms with Crippen LogP contribution in [0.4, 0.5) is 0 Å². The summed E-state index contributed by atoms with van der Waals surface area (Å²) in [5.41, 5.74) is -0.785. The van der Waals surface area contributed by atoms with Gasteiger partial charge in [-0.3, -0.25) is 14.5 Å². The highest BCUT2D eigenvalue weighted by molar-refractivity contribution is 7.99. The summed E-state index contributed by atoms with van der Waals surface area (Å²) in [5, 5.41) is 45.2. The van der Waals surface area contributed by atoms with Gasteiger partial charge >= 0.3 is 5.97 Å². The molecule has 0 aromatic carbocycles. The zero-order valence-electron chi connectivity index (χ0n) is 18.0. The van der Waals surface area contributed by atoms with Gasteiger partial charge in [0.1, 0.15) is 35.9 Å². The molecule has 0 spiro atoms. The van der Waals surface area contributed by atoms with Gasteiger partial charge in [-0.15, -0.1) is 23.4 Å². The first-order chi connectivity index (χ1) is 15.1. The number of alkyl halides is 1. The minimum absolute atomic E-state index is 0.0613. The van der Waals surface area contributed by atoms with E-state index < -0.39 is 65.3 Å². The maximum Gasteiger partial charge on any atom is 0.317 e. The topological polar surface area (TPSA) is 161 Å². The van der Waals surface area contributed by atoms with Crippen LogP contribution in [0.2, 0.25) is 0 Å². The molecule has 0 aromatic heterocycles.